The molecule has 5 heteroatoms. The monoisotopic (exact) mass is 314 g/mol. The van der Waals surface area contributed by atoms with Crippen LogP contribution in [0.15, 0.2) is 53.6 Å². The smallest absolute Gasteiger partial charge is 0.277 e. The summed E-state index contributed by atoms with van der Waals surface area (Å²) in [6.45, 7) is -0.123. The van der Waals surface area contributed by atoms with Crippen LogP contribution in [0.25, 0.3) is 0 Å². The second kappa shape index (κ2) is 6.62. The molecule has 0 aromatic heterocycles. The number of hydrazone groups is 1. The summed E-state index contributed by atoms with van der Waals surface area (Å²) >= 11 is 5.96. The molecule has 0 bridgehead atoms. The Bertz CT molecular complexity index is 728. The number of ether oxygens (including phenoxy) is 1. The van der Waals surface area contributed by atoms with Crippen molar-refractivity contribution in [2.24, 2.45) is 5.10 Å². The van der Waals surface area contributed by atoms with Gasteiger partial charge in [0, 0.05) is 5.56 Å². The molecule has 0 saturated heterocycles. The van der Waals surface area contributed by atoms with Crippen molar-refractivity contribution in [3.63, 3.8) is 0 Å². The standard InChI is InChI=1S/C17H15ClN2O2/c18-14-7-3-4-8-16(14)22-11-17(21)20-19-15-10-9-12-5-1-2-6-13(12)15/h1-8H,9-11H2,(H,20,21)/b19-15-. The quantitative estimate of drug-likeness (QED) is 0.881. The van der Waals surface area contributed by atoms with Gasteiger partial charge >= 0.3 is 0 Å². The normalized spacial score (nSPS) is 14.7. The number of hydrogen-bond acceptors (Lipinski definition) is 3. The Kier molecular flexibility index (Phi) is 4.39. The Morgan fingerprint density at radius 1 is 1.14 bits per heavy atom. The molecular formula is C17H15ClN2O2. The van der Waals surface area contributed by atoms with Gasteiger partial charge in [0.1, 0.15) is 5.75 Å². The van der Waals surface area contributed by atoms with Crippen molar-refractivity contribution in [2.45, 2.75) is 12.8 Å². The highest BCUT2D eigenvalue weighted by atomic mass is 35.5. The van der Waals surface area contributed by atoms with E-state index in [0.717, 1.165) is 24.1 Å². The fourth-order valence-electron chi connectivity index (χ4n) is 2.39. The number of carbonyl (C=O) groups is 1. The van der Waals surface area contributed by atoms with Crippen molar-refractivity contribution >= 4 is 23.2 Å². The van der Waals surface area contributed by atoms with Crippen LogP contribution in [0.1, 0.15) is 17.5 Å². The van der Waals surface area contributed by atoms with Gasteiger partial charge in [-0.2, -0.15) is 5.10 Å². The topological polar surface area (TPSA) is 50.7 Å². The van der Waals surface area contributed by atoms with E-state index in [-0.39, 0.29) is 12.5 Å². The van der Waals surface area contributed by atoms with Crippen LogP contribution < -0.4 is 10.2 Å². The predicted octanol–water partition coefficient (Wildman–Crippen LogP) is 3.19. The molecule has 112 valence electrons. The van der Waals surface area contributed by atoms with E-state index < -0.39 is 0 Å². The van der Waals surface area contributed by atoms with E-state index in [1.165, 1.54) is 5.56 Å². The van der Waals surface area contributed by atoms with Crippen LogP contribution in [0.4, 0.5) is 0 Å². The molecule has 4 nitrogen and oxygen atoms in total. The van der Waals surface area contributed by atoms with Crippen LogP contribution in [-0.4, -0.2) is 18.2 Å². The molecule has 1 aliphatic carbocycles. The molecule has 2 aromatic carbocycles. The number of carbonyl (C=O) groups excluding carboxylic acids is 1. The molecule has 1 N–H and O–H groups in total. The maximum absolute atomic E-state index is 11.8. The highest BCUT2D eigenvalue weighted by Gasteiger charge is 2.17. The van der Waals surface area contributed by atoms with Crippen molar-refractivity contribution in [1.82, 2.24) is 5.43 Å². The Morgan fingerprint density at radius 3 is 2.77 bits per heavy atom. The molecule has 22 heavy (non-hydrogen) atoms. The number of para-hydroxylation sites is 1. The summed E-state index contributed by atoms with van der Waals surface area (Å²) in [5.41, 5.74) is 5.81. The van der Waals surface area contributed by atoms with Gasteiger partial charge in [-0.1, -0.05) is 48.0 Å². The van der Waals surface area contributed by atoms with Crippen LogP contribution in [0.3, 0.4) is 0 Å². The molecule has 0 saturated carbocycles. The van der Waals surface area contributed by atoms with Gasteiger partial charge in [-0.15, -0.1) is 0 Å². The van der Waals surface area contributed by atoms with Crippen LogP contribution >= 0.6 is 11.6 Å². The fraction of sp³-hybridized carbons (Fsp3) is 0.176. The van der Waals surface area contributed by atoms with E-state index in [1.54, 1.807) is 24.3 Å². The maximum atomic E-state index is 11.8. The summed E-state index contributed by atoms with van der Waals surface area (Å²) in [4.78, 5) is 11.8. The van der Waals surface area contributed by atoms with Crippen molar-refractivity contribution in [3.8, 4) is 5.75 Å². The van der Waals surface area contributed by atoms with E-state index in [9.17, 15) is 4.79 Å². The third-order valence-corrected chi connectivity index (χ3v) is 3.78. The van der Waals surface area contributed by atoms with Crippen molar-refractivity contribution in [2.75, 3.05) is 6.61 Å². The van der Waals surface area contributed by atoms with Gasteiger partial charge in [-0.05, 0) is 30.5 Å². The lowest BCUT2D eigenvalue weighted by molar-refractivity contribution is -0.123. The average Bonchev–Trinajstić information content (AvgIpc) is 2.95. The Hall–Kier alpha value is -2.33. The molecule has 0 spiro atoms. The first kappa shape index (κ1) is 14.6. The Labute approximate surface area is 133 Å². The summed E-state index contributed by atoms with van der Waals surface area (Å²) in [5.74, 6) is 0.176. The second-order valence-corrected chi connectivity index (χ2v) is 5.38. The summed E-state index contributed by atoms with van der Waals surface area (Å²) in [5, 5.41) is 4.68. The molecule has 0 fully saturated rings. The van der Waals surface area contributed by atoms with Gasteiger partial charge in [-0.25, -0.2) is 5.43 Å². The highest BCUT2D eigenvalue weighted by molar-refractivity contribution is 6.32. The van der Waals surface area contributed by atoms with E-state index in [4.69, 9.17) is 16.3 Å². The zero-order valence-corrected chi connectivity index (χ0v) is 12.6. The molecule has 3 rings (SSSR count). The minimum atomic E-state index is -0.309. The average molecular weight is 315 g/mol. The Morgan fingerprint density at radius 2 is 1.91 bits per heavy atom. The molecule has 0 heterocycles. The maximum Gasteiger partial charge on any atom is 0.277 e. The van der Waals surface area contributed by atoms with E-state index in [0.29, 0.717) is 10.8 Å². The van der Waals surface area contributed by atoms with Gasteiger partial charge in [0.25, 0.3) is 5.91 Å². The second-order valence-electron chi connectivity index (χ2n) is 4.97. The molecule has 0 aliphatic heterocycles. The van der Waals surface area contributed by atoms with E-state index >= 15 is 0 Å². The Balaban J connectivity index is 1.57. The lowest BCUT2D eigenvalue weighted by Gasteiger charge is -2.07. The van der Waals surface area contributed by atoms with E-state index in [1.807, 2.05) is 18.2 Å². The van der Waals surface area contributed by atoms with Crippen molar-refractivity contribution in [1.29, 1.82) is 0 Å². The largest absolute Gasteiger partial charge is 0.482 e. The van der Waals surface area contributed by atoms with Crippen LogP contribution in [0.2, 0.25) is 5.02 Å². The minimum absolute atomic E-state index is 0.123. The third-order valence-electron chi connectivity index (χ3n) is 3.47. The number of nitrogens with zero attached hydrogens (tertiary/aromatic N) is 1. The van der Waals surface area contributed by atoms with Gasteiger partial charge in [0.15, 0.2) is 6.61 Å². The lowest BCUT2D eigenvalue weighted by atomic mass is 10.1. The number of benzene rings is 2. The number of aryl methyl sites for hydroxylation is 1. The summed E-state index contributed by atoms with van der Waals surface area (Å²) in [6, 6.07) is 15.1. The first-order valence-electron chi connectivity index (χ1n) is 7.05. The number of fused-ring (bicyclic) bond motifs is 1. The SMILES string of the molecule is O=C(COc1ccccc1Cl)N/N=C1/CCc2ccccc21. The number of nitrogens with one attached hydrogen (secondary N) is 1. The van der Waals surface area contributed by atoms with Crippen LogP contribution in [-0.2, 0) is 11.2 Å². The van der Waals surface area contributed by atoms with Gasteiger partial charge < -0.3 is 4.74 Å². The fourth-order valence-corrected chi connectivity index (χ4v) is 2.58. The molecule has 0 atom stereocenters. The van der Waals surface area contributed by atoms with Gasteiger partial charge in [0.2, 0.25) is 0 Å². The molecule has 2 aromatic rings. The highest BCUT2D eigenvalue weighted by Crippen LogP contribution is 2.23. The predicted molar refractivity (Wildman–Crippen MR) is 86.4 cm³/mol. The summed E-state index contributed by atoms with van der Waals surface area (Å²) < 4.78 is 5.37. The van der Waals surface area contributed by atoms with E-state index in [2.05, 4.69) is 16.6 Å². The summed E-state index contributed by atoms with van der Waals surface area (Å²) in [7, 11) is 0. The van der Waals surface area contributed by atoms with Crippen molar-refractivity contribution < 1.29 is 9.53 Å². The number of amides is 1. The molecule has 0 radical (unpaired) electrons. The molecular weight excluding hydrogens is 300 g/mol. The van der Waals surface area contributed by atoms with Gasteiger partial charge in [-0.3, -0.25) is 4.79 Å². The first-order valence-corrected chi connectivity index (χ1v) is 7.43. The number of rotatable bonds is 4. The zero-order chi connectivity index (χ0) is 15.4. The zero-order valence-electron chi connectivity index (χ0n) is 11.9. The lowest BCUT2D eigenvalue weighted by Crippen LogP contribution is -2.25. The molecule has 1 aliphatic rings. The molecule has 0 unspecified atom stereocenters. The van der Waals surface area contributed by atoms with Crippen molar-refractivity contribution in [3.05, 3.63) is 64.7 Å². The summed E-state index contributed by atoms with van der Waals surface area (Å²) in [6.07, 6.45) is 1.80. The third kappa shape index (κ3) is 3.28. The molecule has 1 amide bonds. The number of halogens is 1. The minimum Gasteiger partial charge on any atom is -0.482 e. The van der Waals surface area contributed by atoms with Crippen LogP contribution in [0.5, 0.6) is 5.75 Å². The number of hydrogen-bond donors (Lipinski definition) is 1. The van der Waals surface area contributed by atoms with Crippen LogP contribution in [0, 0.1) is 0 Å². The van der Waals surface area contributed by atoms with Gasteiger partial charge in [0.05, 0.1) is 10.7 Å². The first-order chi connectivity index (χ1) is 10.7.